The van der Waals surface area contributed by atoms with Crippen molar-refractivity contribution in [1.29, 1.82) is 0 Å². The smallest absolute Gasteiger partial charge is 0.0408 e. The summed E-state index contributed by atoms with van der Waals surface area (Å²) in [5.41, 5.74) is 1.59. The molecule has 0 aromatic heterocycles. The number of halogens is 1. The molecule has 1 aromatic rings. The predicted octanol–water partition coefficient (Wildman–Crippen LogP) is 4.79. The van der Waals surface area contributed by atoms with Crippen LogP contribution in [0.1, 0.15) is 40.2 Å². The number of benzene rings is 1. The maximum absolute atomic E-state index is 6.08. The van der Waals surface area contributed by atoms with Gasteiger partial charge in [0.05, 0.1) is 0 Å². The van der Waals surface area contributed by atoms with Crippen molar-refractivity contribution in [1.82, 2.24) is 5.32 Å². The van der Waals surface area contributed by atoms with Crippen LogP contribution < -0.4 is 5.32 Å². The molecule has 0 bridgehead atoms. The van der Waals surface area contributed by atoms with E-state index in [9.17, 15) is 0 Å². The minimum Gasteiger partial charge on any atom is -0.316 e. The van der Waals surface area contributed by atoms with Gasteiger partial charge in [-0.1, -0.05) is 58.4 Å². The monoisotopic (exact) mass is 281 g/mol. The zero-order chi connectivity index (χ0) is 14.5. The molecule has 0 saturated heterocycles. The second kappa shape index (κ2) is 7.31. The van der Waals surface area contributed by atoms with Gasteiger partial charge in [0.1, 0.15) is 0 Å². The van der Waals surface area contributed by atoms with Crippen molar-refractivity contribution in [3.8, 4) is 0 Å². The summed E-state index contributed by atoms with van der Waals surface area (Å²) in [7, 11) is 0. The number of nitrogens with one attached hydrogen (secondary N) is 1. The molecule has 0 aliphatic heterocycles. The van der Waals surface area contributed by atoms with Gasteiger partial charge >= 0.3 is 0 Å². The zero-order valence-corrected chi connectivity index (χ0v) is 13.7. The lowest BCUT2D eigenvalue weighted by Crippen LogP contribution is -2.39. The van der Waals surface area contributed by atoms with Gasteiger partial charge in [-0.25, -0.2) is 0 Å². The summed E-state index contributed by atoms with van der Waals surface area (Å²) in [5, 5.41) is 4.44. The molecule has 1 aromatic carbocycles. The van der Waals surface area contributed by atoms with E-state index < -0.39 is 0 Å². The number of hydrogen-bond acceptors (Lipinski definition) is 1. The van der Waals surface area contributed by atoms with Crippen molar-refractivity contribution >= 4 is 11.6 Å². The van der Waals surface area contributed by atoms with Gasteiger partial charge in [0, 0.05) is 11.6 Å². The van der Waals surface area contributed by atoms with E-state index in [1.165, 1.54) is 5.56 Å². The first-order valence-electron chi connectivity index (χ1n) is 7.28. The molecule has 0 amide bonds. The van der Waals surface area contributed by atoms with E-state index in [4.69, 9.17) is 11.6 Å². The van der Waals surface area contributed by atoms with E-state index in [2.05, 4.69) is 52.1 Å². The highest BCUT2D eigenvalue weighted by Gasteiger charge is 2.28. The van der Waals surface area contributed by atoms with E-state index in [0.717, 1.165) is 24.5 Å². The number of hydrogen-bond donors (Lipinski definition) is 1. The molecule has 1 atom stereocenters. The van der Waals surface area contributed by atoms with Crippen LogP contribution in [-0.2, 0) is 6.42 Å². The van der Waals surface area contributed by atoms with Crippen molar-refractivity contribution in [2.75, 3.05) is 13.1 Å². The van der Waals surface area contributed by atoms with Gasteiger partial charge in [0.15, 0.2) is 0 Å². The van der Waals surface area contributed by atoms with Crippen molar-refractivity contribution in [3.05, 3.63) is 34.9 Å². The fourth-order valence-electron chi connectivity index (χ4n) is 2.23. The van der Waals surface area contributed by atoms with Crippen LogP contribution in [0.15, 0.2) is 24.3 Å². The molecular formula is C17H28ClN. The molecule has 2 heteroatoms. The molecule has 1 unspecified atom stereocenters. The van der Waals surface area contributed by atoms with E-state index in [-0.39, 0.29) is 5.41 Å². The molecule has 0 saturated carbocycles. The highest BCUT2D eigenvalue weighted by Crippen LogP contribution is 2.31. The summed E-state index contributed by atoms with van der Waals surface area (Å²) < 4.78 is 0. The molecule has 0 aliphatic rings. The Morgan fingerprint density at radius 1 is 1.21 bits per heavy atom. The summed E-state index contributed by atoms with van der Waals surface area (Å²) in [4.78, 5) is 0. The Morgan fingerprint density at radius 3 is 2.42 bits per heavy atom. The van der Waals surface area contributed by atoms with Crippen LogP contribution in [0.5, 0.6) is 0 Å². The Morgan fingerprint density at radius 2 is 1.89 bits per heavy atom. The Kier molecular flexibility index (Phi) is 6.35. The lowest BCUT2D eigenvalue weighted by molar-refractivity contribution is 0.205. The van der Waals surface area contributed by atoms with E-state index in [1.54, 1.807) is 0 Å². The molecule has 108 valence electrons. The molecule has 1 N–H and O–H groups in total. The average Bonchev–Trinajstić information content (AvgIpc) is 2.28. The van der Waals surface area contributed by atoms with Crippen molar-refractivity contribution in [2.24, 2.45) is 17.3 Å². The molecule has 0 fully saturated rings. The van der Waals surface area contributed by atoms with Crippen LogP contribution in [-0.4, -0.2) is 13.1 Å². The summed E-state index contributed by atoms with van der Waals surface area (Å²) in [5.74, 6) is 1.33. The summed E-state index contributed by atoms with van der Waals surface area (Å²) in [6.45, 7) is 13.6. The highest BCUT2D eigenvalue weighted by atomic mass is 35.5. The molecule has 0 aliphatic carbocycles. The van der Waals surface area contributed by atoms with Crippen molar-refractivity contribution < 1.29 is 0 Å². The molecule has 1 rings (SSSR count). The average molecular weight is 282 g/mol. The minimum absolute atomic E-state index is 0.263. The lowest BCUT2D eigenvalue weighted by atomic mass is 9.74. The summed E-state index contributed by atoms with van der Waals surface area (Å²) >= 11 is 6.08. The van der Waals surface area contributed by atoms with Gasteiger partial charge in [0.25, 0.3) is 0 Å². The fourth-order valence-corrected chi connectivity index (χ4v) is 2.44. The first-order valence-corrected chi connectivity index (χ1v) is 7.66. The molecule has 0 heterocycles. The number of rotatable bonds is 7. The van der Waals surface area contributed by atoms with Gasteiger partial charge < -0.3 is 5.32 Å². The van der Waals surface area contributed by atoms with Crippen LogP contribution in [0.25, 0.3) is 0 Å². The Labute approximate surface area is 123 Å². The Hall–Kier alpha value is -0.530. The van der Waals surface area contributed by atoms with E-state index in [0.29, 0.717) is 11.8 Å². The van der Waals surface area contributed by atoms with Crippen molar-refractivity contribution in [3.63, 3.8) is 0 Å². The van der Waals surface area contributed by atoms with Crippen LogP contribution in [0.4, 0.5) is 0 Å². The molecule has 0 radical (unpaired) electrons. The van der Waals surface area contributed by atoms with Crippen molar-refractivity contribution in [2.45, 2.75) is 41.0 Å². The third kappa shape index (κ3) is 5.54. The Balaban J connectivity index is 2.70. The van der Waals surface area contributed by atoms with E-state index in [1.807, 2.05) is 12.1 Å². The minimum atomic E-state index is 0.263. The van der Waals surface area contributed by atoms with Crippen LogP contribution in [0.3, 0.4) is 0 Å². The largest absolute Gasteiger partial charge is 0.316 e. The van der Waals surface area contributed by atoms with E-state index >= 15 is 0 Å². The maximum Gasteiger partial charge on any atom is 0.0408 e. The van der Waals surface area contributed by atoms with Gasteiger partial charge in [-0.15, -0.1) is 0 Å². The molecule has 0 spiro atoms. The summed E-state index contributed by atoms with van der Waals surface area (Å²) in [6.07, 6.45) is 1.07. The van der Waals surface area contributed by atoms with Crippen LogP contribution >= 0.6 is 11.6 Å². The first-order chi connectivity index (χ1) is 8.83. The zero-order valence-electron chi connectivity index (χ0n) is 13.0. The second-order valence-corrected chi connectivity index (χ2v) is 7.08. The van der Waals surface area contributed by atoms with Gasteiger partial charge in [-0.2, -0.15) is 0 Å². The Bertz CT molecular complexity index is 387. The predicted molar refractivity (Wildman–Crippen MR) is 85.8 cm³/mol. The molecule has 1 nitrogen and oxygen atoms in total. The summed E-state index contributed by atoms with van der Waals surface area (Å²) in [6, 6.07) is 8.24. The topological polar surface area (TPSA) is 12.0 Å². The molecule has 19 heavy (non-hydrogen) atoms. The second-order valence-electron chi connectivity index (χ2n) is 6.64. The van der Waals surface area contributed by atoms with Gasteiger partial charge in [-0.05, 0) is 47.9 Å². The third-order valence-electron chi connectivity index (χ3n) is 3.97. The normalized spacial score (nSPS) is 14.9. The van der Waals surface area contributed by atoms with Gasteiger partial charge in [0.2, 0.25) is 0 Å². The first kappa shape index (κ1) is 16.5. The lowest BCUT2D eigenvalue weighted by Gasteiger charge is -2.35. The maximum atomic E-state index is 6.08. The standard InChI is InChI=1S/C17H28ClN/c1-13(2)11-19-12-17(5,14(3)4)10-15-7-6-8-16(18)9-15/h6-9,13-14,19H,10-12H2,1-5H3. The molecular weight excluding hydrogens is 254 g/mol. The quantitative estimate of drug-likeness (QED) is 0.758. The fraction of sp³-hybridized carbons (Fsp3) is 0.647. The third-order valence-corrected chi connectivity index (χ3v) is 4.21. The highest BCUT2D eigenvalue weighted by molar-refractivity contribution is 6.30. The van der Waals surface area contributed by atoms with Crippen LogP contribution in [0.2, 0.25) is 5.02 Å². The van der Waals surface area contributed by atoms with Crippen LogP contribution in [0, 0.1) is 17.3 Å². The SMILES string of the molecule is CC(C)CNCC(C)(Cc1cccc(Cl)c1)C(C)C. The van der Waals surface area contributed by atoms with Gasteiger partial charge in [-0.3, -0.25) is 0 Å².